The highest BCUT2D eigenvalue weighted by Gasteiger charge is 2.24. The number of aromatic hydroxyl groups is 2. The lowest BCUT2D eigenvalue weighted by Gasteiger charge is -2.28. The van der Waals surface area contributed by atoms with Crippen molar-refractivity contribution in [1.29, 1.82) is 5.26 Å². The van der Waals surface area contributed by atoms with Crippen LogP contribution in [0.2, 0.25) is 0 Å². The lowest BCUT2D eigenvalue weighted by atomic mass is 9.94. The number of phenolic OH excluding ortho intramolecular Hbond substituents is 1. The van der Waals surface area contributed by atoms with Crippen LogP contribution in [-0.2, 0) is 16.0 Å². The number of carboxylic acids is 1. The van der Waals surface area contributed by atoms with Crippen LogP contribution < -0.4 is 20.9 Å². The topological polar surface area (TPSA) is 235 Å². The summed E-state index contributed by atoms with van der Waals surface area (Å²) in [5.41, 5.74) is 3.36. The molecular formula is C47H43N5O10. The molecule has 15 heteroatoms. The third-order valence-electron chi connectivity index (χ3n) is 10.6. The van der Waals surface area contributed by atoms with Crippen LogP contribution in [0.3, 0.4) is 0 Å². The third-order valence-corrected chi connectivity index (χ3v) is 10.6. The van der Waals surface area contributed by atoms with E-state index < -0.39 is 41.1 Å². The first-order valence-electron chi connectivity index (χ1n) is 19.6. The second-order valence-electron chi connectivity index (χ2n) is 14.7. The molecule has 0 aromatic heterocycles. The van der Waals surface area contributed by atoms with E-state index in [1.54, 1.807) is 24.3 Å². The number of amides is 3. The molecule has 0 spiro atoms. The summed E-state index contributed by atoms with van der Waals surface area (Å²) in [5, 5.41) is 47.6. The Morgan fingerprint density at radius 3 is 1.81 bits per heavy atom. The monoisotopic (exact) mass is 837 g/mol. The minimum absolute atomic E-state index is 0.0636. The van der Waals surface area contributed by atoms with Gasteiger partial charge in [0.1, 0.15) is 17.1 Å². The van der Waals surface area contributed by atoms with Gasteiger partial charge < -0.3 is 40.9 Å². The van der Waals surface area contributed by atoms with Crippen molar-refractivity contribution in [2.45, 2.75) is 33.1 Å². The summed E-state index contributed by atoms with van der Waals surface area (Å²) in [5.74, 6) is -5.50. The number of carbonyl (C=O) groups excluding carboxylic acids is 5. The van der Waals surface area contributed by atoms with Crippen molar-refractivity contribution in [3.05, 3.63) is 142 Å². The number of hydrogen-bond donors (Lipinski definition) is 6. The second kappa shape index (κ2) is 19.5. The zero-order valence-electron chi connectivity index (χ0n) is 33.9. The first-order valence-corrected chi connectivity index (χ1v) is 19.6. The Labute approximate surface area is 356 Å². The molecule has 1 atom stereocenters. The molecule has 0 aliphatic carbocycles. The average Bonchev–Trinajstić information content (AvgIpc) is 3.27. The summed E-state index contributed by atoms with van der Waals surface area (Å²) < 4.78 is 5.40. The van der Waals surface area contributed by atoms with Gasteiger partial charge >= 0.3 is 5.97 Å². The minimum Gasteiger partial charge on any atom is -0.507 e. The van der Waals surface area contributed by atoms with Crippen LogP contribution in [-0.4, -0.2) is 76.9 Å². The number of nitrogens with one attached hydrogen (secondary N) is 3. The molecule has 1 saturated heterocycles. The quantitative estimate of drug-likeness (QED) is 0.0590. The third kappa shape index (κ3) is 10.3. The highest BCUT2D eigenvalue weighted by atomic mass is 16.5. The van der Waals surface area contributed by atoms with Crippen LogP contribution in [0.25, 0.3) is 0 Å². The number of Topliss-reactive ketones (excluding diaryl/α,β-unsaturated/α-hetero) is 2. The van der Waals surface area contributed by atoms with E-state index >= 15 is 0 Å². The summed E-state index contributed by atoms with van der Waals surface area (Å²) in [6, 6.07) is 27.1. The largest absolute Gasteiger partial charge is 0.507 e. The fourth-order valence-corrected chi connectivity index (χ4v) is 6.85. The Morgan fingerprint density at radius 1 is 0.677 bits per heavy atom. The van der Waals surface area contributed by atoms with E-state index in [0.717, 1.165) is 30.4 Å². The molecule has 1 aliphatic rings. The van der Waals surface area contributed by atoms with Gasteiger partial charge in [0.2, 0.25) is 5.91 Å². The Kier molecular flexibility index (Phi) is 13.7. The zero-order chi connectivity index (χ0) is 44.5. The van der Waals surface area contributed by atoms with Crippen molar-refractivity contribution in [2.24, 2.45) is 5.92 Å². The highest BCUT2D eigenvalue weighted by molar-refractivity contribution is 6.09. The van der Waals surface area contributed by atoms with Gasteiger partial charge in [-0.1, -0.05) is 24.3 Å². The Hall–Kier alpha value is -7.83. The summed E-state index contributed by atoms with van der Waals surface area (Å²) in [4.78, 5) is 79.1. The second-order valence-corrected chi connectivity index (χ2v) is 14.7. The normalized spacial score (nSPS) is 12.7. The van der Waals surface area contributed by atoms with Crippen LogP contribution in [0.4, 0.5) is 22.7 Å². The lowest BCUT2D eigenvalue weighted by Crippen LogP contribution is -2.36. The molecule has 1 heterocycles. The molecule has 15 nitrogen and oxygen atoms in total. The van der Waals surface area contributed by atoms with Crippen molar-refractivity contribution in [3.63, 3.8) is 0 Å². The number of ketones is 2. The number of ether oxygens (including phenoxy) is 1. The molecule has 316 valence electrons. The van der Waals surface area contributed by atoms with E-state index in [0.29, 0.717) is 30.0 Å². The van der Waals surface area contributed by atoms with Crippen molar-refractivity contribution < 1.29 is 48.8 Å². The van der Waals surface area contributed by atoms with Gasteiger partial charge in [-0.3, -0.25) is 24.0 Å². The number of morpholine rings is 1. The van der Waals surface area contributed by atoms with E-state index in [4.69, 9.17) is 4.74 Å². The number of phenols is 2. The molecule has 62 heavy (non-hydrogen) atoms. The van der Waals surface area contributed by atoms with Gasteiger partial charge in [-0.25, -0.2) is 4.79 Å². The maximum atomic E-state index is 13.2. The summed E-state index contributed by atoms with van der Waals surface area (Å²) in [7, 11) is 0. The lowest BCUT2D eigenvalue weighted by molar-refractivity contribution is -0.119. The number of carbonyl (C=O) groups is 6. The van der Waals surface area contributed by atoms with Crippen LogP contribution in [0.15, 0.2) is 97.1 Å². The summed E-state index contributed by atoms with van der Waals surface area (Å²) >= 11 is 0. The van der Waals surface area contributed by atoms with Crippen LogP contribution >= 0.6 is 0 Å². The van der Waals surface area contributed by atoms with Gasteiger partial charge in [0, 0.05) is 82.9 Å². The fraction of sp³-hybridized carbons (Fsp3) is 0.213. The maximum absolute atomic E-state index is 13.2. The molecule has 0 saturated carbocycles. The van der Waals surface area contributed by atoms with E-state index in [-0.39, 0.29) is 70.0 Å². The van der Waals surface area contributed by atoms with Crippen molar-refractivity contribution in [3.8, 4) is 17.6 Å². The van der Waals surface area contributed by atoms with Gasteiger partial charge in [-0.2, -0.15) is 5.26 Å². The SMILES string of the molecule is Cc1c(NC(=O)c2ccc(NC(=O)c3ccc(NC(=O)C(CC#N)CC(=O)c4ccc(CC(=O)c5ccc(N6CCOCC6)cc5)cc4)cc3)c(C)c2O)ccc(C(=O)O)c1O. The molecule has 6 N–H and O–H groups in total. The average molecular weight is 838 g/mol. The van der Waals surface area contributed by atoms with Gasteiger partial charge in [0.15, 0.2) is 11.6 Å². The number of rotatable bonds is 15. The molecular weight excluding hydrogens is 795 g/mol. The van der Waals surface area contributed by atoms with E-state index in [1.165, 1.54) is 56.3 Å². The van der Waals surface area contributed by atoms with Crippen LogP contribution in [0, 0.1) is 31.1 Å². The first kappa shape index (κ1) is 43.7. The predicted octanol–water partition coefficient (Wildman–Crippen LogP) is 6.92. The Bertz CT molecular complexity index is 2580. The molecule has 1 fully saturated rings. The smallest absolute Gasteiger partial charge is 0.339 e. The summed E-state index contributed by atoms with van der Waals surface area (Å²) in [6.45, 7) is 5.85. The maximum Gasteiger partial charge on any atom is 0.339 e. The standard InChI is InChI=1S/C47H43N5O10/c1-27-38(17-15-36(42(27)55)46(59)51-39-18-16-37(47(60)61)43(56)28(39)2)50-44(57)32-7-11-34(12-8-32)49-45(58)33(19-20-48)26-41(54)30-5-3-29(4-6-30)25-40(53)31-9-13-35(14-10-31)52-21-23-62-24-22-52/h3-18,33,55-56H,19,21-26H2,1-2H3,(H,49,58)(H,50,57)(H,51,59)(H,60,61). The number of anilines is 4. The molecule has 6 rings (SSSR count). The van der Waals surface area contributed by atoms with Gasteiger partial charge in [0.05, 0.1) is 30.8 Å². The van der Waals surface area contributed by atoms with Gasteiger partial charge in [-0.15, -0.1) is 0 Å². The molecule has 5 aromatic rings. The molecule has 0 radical (unpaired) electrons. The van der Waals surface area contributed by atoms with E-state index in [1.807, 2.05) is 30.3 Å². The summed E-state index contributed by atoms with van der Waals surface area (Å²) in [6.07, 6.45) is -0.305. The van der Waals surface area contributed by atoms with Crippen LogP contribution in [0.5, 0.6) is 11.5 Å². The van der Waals surface area contributed by atoms with E-state index in [2.05, 4.69) is 20.9 Å². The van der Waals surface area contributed by atoms with Crippen LogP contribution in [0.1, 0.15) is 81.3 Å². The van der Waals surface area contributed by atoms with Gasteiger partial charge in [-0.05, 0) is 92.2 Å². The number of benzene rings is 5. The number of nitriles is 1. The number of carboxylic acid groups (broad SMARTS) is 1. The van der Waals surface area contributed by atoms with Crippen molar-refractivity contribution >= 4 is 58.0 Å². The molecule has 5 aromatic carbocycles. The predicted molar refractivity (Wildman–Crippen MR) is 230 cm³/mol. The van der Waals surface area contributed by atoms with Crippen molar-refractivity contribution in [1.82, 2.24) is 0 Å². The number of aromatic carboxylic acids is 1. The molecule has 1 aliphatic heterocycles. The Balaban J connectivity index is 1.01. The fourth-order valence-electron chi connectivity index (χ4n) is 6.85. The zero-order valence-corrected chi connectivity index (χ0v) is 33.9. The highest BCUT2D eigenvalue weighted by Crippen LogP contribution is 2.33. The molecule has 3 amide bonds. The van der Waals surface area contributed by atoms with E-state index in [9.17, 15) is 49.3 Å². The Morgan fingerprint density at radius 2 is 1.21 bits per heavy atom. The number of nitrogens with zero attached hydrogens (tertiary/aromatic N) is 2. The molecule has 0 bridgehead atoms. The van der Waals surface area contributed by atoms with Crippen molar-refractivity contribution in [2.75, 3.05) is 47.2 Å². The van der Waals surface area contributed by atoms with Gasteiger partial charge in [0.25, 0.3) is 11.8 Å². The minimum atomic E-state index is -1.34. The number of hydrogen-bond acceptors (Lipinski definition) is 11. The molecule has 1 unspecified atom stereocenters. The first-order chi connectivity index (χ1) is 29.7.